The summed E-state index contributed by atoms with van der Waals surface area (Å²) < 4.78 is 0. The van der Waals surface area contributed by atoms with Gasteiger partial charge in [0.15, 0.2) is 0 Å². The van der Waals surface area contributed by atoms with E-state index in [0.717, 1.165) is 24.9 Å². The molecule has 0 radical (unpaired) electrons. The van der Waals surface area contributed by atoms with Crippen LogP contribution >= 0.6 is 0 Å². The molecule has 1 aromatic heterocycles. The standard InChI is InChI=1S/C17H29N3/c1-4-20(12-14-7-9-19-10-8-14)17-11-15(13(2)3)5-6-16(17)18/h7-10,13,15-17H,4-6,11-12,18H2,1-3H3. The van der Waals surface area contributed by atoms with Crippen LogP contribution in [-0.4, -0.2) is 28.5 Å². The number of aromatic nitrogens is 1. The average Bonchev–Trinajstić information content (AvgIpc) is 2.46. The maximum Gasteiger partial charge on any atom is 0.0271 e. The van der Waals surface area contributed by atoms with Crippen molar-refractivity contribution in [2.45, 2.75) is 58.7 Å². The molecule has 3 atom stereocenters. The van der Waals surface area contributed by atoms with Gasteiger partial charge in [-0.05, 0) is 55.3 Å². The minimum atomic E-state index is 0.326. The first kappa shape index (κ1) is 15.5. The molecule has 3 heteroatoms. The van der Waals surface area contributed by atoms with Crippen LogP contribution in [0.15, 0.2) is 24.5 Å². The molecule has 2 rings (SSSR count). The second-order valence-corrected chi connectivity index (χ2v) is 6.47. The van der Waals surface area contributed by atoms with Crippen molar-refractivity contribution < 1.29 is 0 Å². The van der Waals surface area contributed by atoms with E-state index in [1.807, 2.05) is 12.4 Å². The Morgan fingerprint density at radius 1 is 1.30 bits per heavy atom. The summed E-state index contributed by atoms with van der Waals surface area (Å²) in [6, 6.07) is 5.06. The zero-order valence-electron chi connectivity index (χ0n) is 13.1. The van der Waals surface area contributed by atoms with Crippen LogP contribution in [-0.2, 0) is 6.54 Å². The molecule has 0 spiro atoms. The molecule has 3 nitrogen and oxygen atoms in total. The van der Waals surface area contributed by atoms with Crippen LogP contribution in [0.25, 0.3) is 0 Å². The van der Waals surface area contributed by atoms with Gasteiger partial charge >= 0.3 is 0 Å². The van der Waals surface area contributed by atoms with Crippen LogP contribution in [0.3, 0.4) is 0 Å². The average molecular weight is 275 g/mol. The van der Waals surface area contributed by atoms with E-state index < -0.39 is 0 Å². The molecule has 1 saturated carbocycles. The number of pyridine rings is 1. The Balaban J connectivity index is 2.05. The molecule has 3 unspecified atom stereocenters. The van der Waals surface area contributed by atoms with Crippen molar-refractivity contribution in [2.75, 3.05) is 6.54 Å². The van der Waals surface area contributed by atoms with E-state index in [1.165, 1.54) is 24.8 Å². The van der Waals surface area contributed by atoms with E-state index in [1.54, 1.807) is 0 Å². The summed E-state index contributed by atoms with van der Waals surface area (Å²) in [7, 11) is 0. The lowest BCUT2D eigenvalue weighted by Gasteiger charge is -2.42. The third kappa shape index (κ3) is 3.80. The van der Waals surface area contributed by atoms with E-state index in [-0.39, 0.29) is 0 Å². The molecule has 0 aromatic carbocycles. The van der Waals surface area contributed by atoms with Crippen molar-refractivity contribution in [3.8, 4) is 0 Å². The predicted octanol–water partition coefficient (Wildman–Crippen LogP) is 3.06. The summed E-state index contributed by atoms with van der Waals surface area (Å²) in [5, 5.41) is 0. The third-order valence-electron chi connectivity index (χ3n) is 4.86. The molecule has 0 aliphatic heterocycles. The van der Waals surface area contributed by atoms with E-state index >= 15 is 0 Å². The summed E-state index contributed by atoms with van der Waals surface area (Å²) in [6.07, 6.45) is 7.46. The van der Waals surface area contributed by atoms with Crippen molar-refractivity contribution in [3.05, 3.63) is 30.1 Å². The maximum absolute atomic E-state index is 6.42. The van der Waals surface area contributed by atoms with Gasteiger partial charge < -0.3 is 5.73 Å². The molecule has 1 aromatic rings. The molecule has 112 valence electrons. The van der Waals surface area contributed by atoms with Crippen molar-refractivity contribution in [1.82, 2.24) is 9.88 Å². The molecule has 0 saturated heterocycles. The Hall–Kier alpha value is -0.930. The molecule has 2 N–H and O–H groups in total. The van der Waals surface area contributed by atoms with E-state index in [0.29, 0.717) is 12.1 Å². The highest BCUT2D eigenvalue weighted by Gasteiger charge is 2.32. The van der Waals surface area contributed by atoms with Gasteiger partial charge in [-0.1, -0.05) is 20.8 Å². The van der Waals surface area contributed by atoms with Gasteiger partial charge in [-0.2, -0.15) is 0 Å². The minimum Gasteiger partial charge on any atom is -0.326 e. The molecular formula is C17H29N3. The van der Waals surface area contributed by atoms with Crippen LogP contribution < -0.4 is 5.73 Å². The van der Waals surface area contributed by atoms with Gasteiger partial charge in [0.2, 0.25) is 0 Å². The third-order valence-corrected chi connectivity index (χ3v) is 4.86. The van der Waals surface area contributed by atoms with E-state index in [9.17, 15) is 0 Å². The zero-order chi connectivity index (χ0) is 14.5. The van der Waals surface area contributed by atoms with Gasteiger partial charge in [0.25, 0.3) is 0 Å². The molecule has 1 aliphatic carbocycles. The fourth-order valence-electron chi connectivity index (χ4n) is 3.41. The topological polar surface area (TPSA) is 42.2 Å². The number of nitrogens with two attached hydrogens (primary N) is 1. The van der Waals surface area contributed by atoms with Crippen LogP contribution in [0.4, 0.5) is 0 Å². The van der Waals surface area contributed by atoms with Gasteiger partial charge in [-0.25, -0.2) is 0 Å². The maximum atomic E-state index is 6.42. The summed E-state index contributed by atoms with van der Waals surface area (Å²) in [6.45, 7) is 8.98. The summed E-state index contributed by atoms with van der Waals surface area (Å²) in [4.78, 5) is 6.65. The van der Waals surface area contributed by atoms with Crippen molar-refractivity contribution in [2.24, 2.45) is 17.6 Å². The number of likely N-dealkylation sites (N-methyl/N-ethyl adjacent to an activating group) is 1. The number of hydrogen-bond acceptors (Lipinski definition) is 3. The Kier molecular flexibility index (Phi) is 5.55. The Labute approximate surface area is 123 Å². The van der Waals surface area contributed by atoms with Gasteiger partial charge in [0.1, 0.15) is 0 Å². The van der Waals surface area contributed by atoms with Crippen molar-refractivity contribution >= 4 is 0 Å². The summed E-state index contributed by atoms with van der Waals surface area (Å²) in [5.41, 5.74) is 7.75. The first-order valence-corrected chi connectivity index (χ1v) is 8.00. The normalized spacial score (nSPS) is 27.2. The van der Waals surface area contributed by atoms with E-state index in [4.69, 9.17) is 5.73 Å². The number of rotatable bonds is 5. The highest BCUT2D eigenvalue weighted by molar-refractivity contribution is 5.10. The van der Waals surface area contributed by atoms with Gasteiger partial charge in [0, 0.05) is 31.0 Å². The molecule has 1 fully saturated rings. The van der Waals surface area contributed by atoms with Crippen molar-refractivity contribution in [3.63, 3.8) is 0 Å². The quantitative estimate of drug-likeness (QED) is 0.898. The molecular weight excluding hydrogens is 246 g/mol. The molecule has 1 aliphatic rings. The van der Waals surface area contributed by atoms with Crippen LogP contribution in [0.5, 0.6) is 0 Å². The second kappa shape index (κ2) is 7.19. The Bertz CT molecular complexity index is 390. The van der Waals surface area contributed by atoms with Crippen LogP contribution in [0.1, 0.15) is 45.6 Å². The molecule has 20 heavy (non-hydrogen) atoms. The predicted molar refractivity (Wildman–Crippen MR) is 84.3 cm³/mol. The lowest BCUT2D eigenvalue weighted by molar-refractivity contribution is 0.0950. The number of nitrogens with zero attached hydrogens (tertiary/aromatic N) is 2. The monoisotopic (exact) mass is 275 g/mol. The molecule has 1 heterocycles. The smallest absolute Gasteiger partial charge is 0.0271 e. The first-order chi connectivity index (χ1) is 9.61. The molecule has 0 amide bonds. The van der Waals surface area contributed by atoms with Crippen molar-refractivity contribution in [1.29, 1.82) is 0 Å². The largest absolute Gasteiger partial charge is 0.326 e. The van der Waals surface area contributed by atoms with E-state index in [2.05, 4.69) is 42.8 Å². The fourth-order valence-corrected chi connectivity index (χ4v) is 3.41. The lowest BCUT2D eigenvalue weighted by atomic mass is 9.76. The second-order valence-electron chi connectivity index (χ2n) is 6.47. The molecule has 0 bridgehead atoms. The summed E-state index contributed by atoms with van der Waals surface area (Å²) in [5.74, 6) is 1.59. The SMILES string of the molecule is CCN(Cc1ccncc1)C1CC(C(C)C)CCC1N. The lowest BCUT2D eigenvalue weighted by Crippen LogP contribution is -2.51. The van der Waals surface area contributed by atoms with Crippen LogP contribution in [0, 0.1) is 11.8 Å². The first-order valence-electron chi connectivity index (χ1n) is 8.00. The Morgan fingerprint density at radius 2 is 2.00 bits per heavy atom. The Morgan fingerprint density at radius 3 is 2.60 bits per heavy atom. The van der Waals surface area contributed by atoms with Gasteiger partial charge in [-0.15, -0.1) is 0 Å². The summed E-state index contributed by atoms with van der Waals surface area (Å²) >= 11 is 0. The zero-order valence-corrected chi connectivity index (χ0v) is 13.1. The van der Waals surface area contributed by atoms with Gasteiger partial charge in [0.05, 0.1) is 0 Å². The van der Waals surface area contributed by atoms with Gasteiger partial charge in [-0.3, -0.25) is 9.88 Å². The highest BCUT2D eigenvalue weighted by atomic mass is 15.2. The highest BCUT2D eigenvalue weighted by Crippen LogP contribution is 2.32. The fraction of sp³-hybridized carbons (Fsp3) is 0.706. The van der Waals surface area contributed by atoms with Crippen LogP contribution in [0.2, 0.25) is 0 Å². The number of hydrogen-bond donors (Lipinski definition) is 1. The minimum absolute atomic E-state index is 0.326.